The van der Waals surface area contributed by atoms with E-state index >= 15 is 0 Å². The van der Waals surface area contributed by atoms with Crippen molar-refractivity contribution in [2.75, 3.05) is 19.5 Å². The van der Waals surface area contributed by atoms with Crippen LogP contribution in [-0.4, -0.2) is 20.0 Å². The second-order valence-electron chi connectivity index (χ2n) is 4.79. The minimum Gasteiger partial charge on any atom is -0.497 e. The Labute approximate surface area is 129 Å². The Balaban J connectivity index is 2.18. The first-order chi connectivity index (χ1) is 10.5. The first kappa shape index (κ1) is 15.7. The number of rotatable bonds is 6. The van der Waals surface area contributed by atoms with Gasteiger partial charge >= 0.3 is 0 Å². The third-order valence-electron chi connectivity index (χ3n) is 3.07. The summed E-state index contributed by atoms with van der Waals surface area (Å²) in [4.78, 5) is 12.1. The molecule has 2 aromatic rings. The molecule has 5 heteroatoms. The van der Waals surface area contributed by atoms with Crippen LogP contribution in [0.15, 0.2) is 46.5 Å². The van der Waals surface area contributed by atoms with E-state index in [0.29, 0.717) is 28.7 Å². The van der Waals surface area contributed by atoms with Crippen molar-refractivity contribution in [2.24, 2.45) is 0 Å². The number of nitrogens with one attached hydrogen (secondary N) is 1. The third-order valence-corrected chi connectivity index (χ3v) is 3.07. The van der Waals surface area contributed by atoms with Gasteiger partial charge in [-0.15, -0.1) is 0 Å². The molecular weight excluding hydrogens is 282 g/mol. The molecule has 0 aliphatic carbocycles. The molecule has 0 saturated carbocycles. The fraction of sp³-hybridized carbons (Fsp3) is 0.235. The Hall–Kier alpha value is -2.69. The minimum absolute atomic E-state index is 0.194. The molecule has 0 amide bonds. The smallest absolute Gasteiger partial charge is 0.222 e. The van der Waals surface area contributed by atoms with Gasteiger partial charge in [-0.1, -0.05) is 0 Å². The first-order valence-electron chi connectivity index (χ1n) is 6.81. The molecule has 1 aromatic heterocycles. The summed E-state index contributed by atoms with van der Waals surface area (Å²) in [6.45, 7) is 3.60. The second kappa shape index (κ2) is 6.85. The number of benzene rings is 1. The normalized spacial score (nSPS) is 11.2. The fourth-order valence-electron chi connectivity index (χ4n) is 1.99. The number of allylic oxidation sites excluding steroid dienone is 2. The summed E-state index contributed by atoms with van der Waals surface area (Å²) in [7, 11) is 3.18. The van der Waals surface area contributed by atoms with Crippen molar-refractivity contribution in [1.29, 1.82) is 0 Å². The lowest BCUT2D eigenvalue weighted by Crippen LogP contribution is -2.02. The van der Waals surface area contributed by atoms with Crippen LogP contribution in [0.1, 0.15) is 23.2 Å². The van der Waals surface area contributed by atoms with Crippen molar-refractivity contribution < 1.29 is 18.7 Å². The van der Waals surface area contributed by atoms with Gasteiger partial charge in [-0.25, -0.2) is 0 Å². The van der Waals surface area contributed by atoms with E-state index in [1.807, 2.05) is 0 Å². The largest absolute Gasteiger partial charge is 0.497 e. The quantitative estimate of drug-likeness (QED) is 0.649. The zero-order valence-electron chi connectivity index (χ0n) is 13.1. The number of hydrogen-bond donors (Lipinski definition) is 1. The number of ketones is 1. The van der Waals surface area contributed by atoms with Crippen molar-refractivity contribution in [1.82, 2.24) is 0 Å². The average Bonchev–Trinajstić information content (AvgIpc) is 2.93. The van der Waals surface area contributed by atoms with E-state index in [1.165, 1.54) is 6.08 Å². The fourth-order valence-corrected chi connectivity index (χ4v) is 1.99. The molecule has 1 N–H and O–H groups in total. The van der Waals surface area contributed by atoms with Crippen LogP contribution in [0, 0.1) is 6.92 Å². The van der Waals surface area contributed by atoms with Crippen LogP contribution in [-0.2, 0) is 0 Å². The molecule has 0 bridgehead atoms. The van der Waals surface area contributed by atoms with Crippen LogP contribution in [0.2, 0.25) is 0 Å². The van der Waals surface area contributed by atoms with Crippen molar-refractivity contribution in [3.05, 3.63) is 53.6 Å². The molecule has 0 atom stereocenters. The summed E-state index contributed by atoms with van der Waals surface area (Å²) in [5.74, 6) is 2.19. The molecule has 22 heavy (non-hydrogen) atoms. The number of anilines is 1. The number of ether oxygens (including phenoxy) is 2. The zero-order chi connectivity index (χ0) is 16.1. The SMILES string of the molecule is COc1ccc(OC)c(N/C(C)=C/C(=O)c2ccc(C)o2)c1. The maximum atomic E-state index is 12.1. The van der Waals surface area contributed by atoms with Crippen molar-refractivity contribution >= 4 is 11.5 Å². The topological polar surface area (TPSA) is 60.7 Å². The standard InChI is InChI=1S/C17H19NO4/c1-11(9-15(19)17-7-5-12(2)22-17)18-14-10-13(20-3)6-8-16(14)21-4/h5-10,18H,1-4H3/b11-9+. The van der Waals surface area contributed by atoms with Crippen molar-refractivity contribution in [2.45, 2.75) is 13.8 Å². The number of carbonyl (C=O) groups excluding carboxylic acids is 1. The molecule has 5 nitrogen and oxygen atoms in total. The summed E-state index contributed by atoms with van der Waals surface area (Å²) < 4.78 is 15.8. The Morgan fingerprint density at radius 2 is 1.95 bits per heavy atom. The third kappa shape index (κ3) is 3.69. The van der Waals surface area contributed by atoms with Gasteiger partial charge in [0.05, 0.1) is 19.9 Å². The van der Waals surface area contributed by atoms with E-state index in [0.717, 1.165) is 5.69 Å². The predicted molar refractivity (Wildman–Crippen MR) is 84.7 cm³/mol. The molecule has 0 radical (unpaired) electrons. The highest BCUT2D eigenvalue weighted by molar-refractivity contribution is 6.03. The molecule has 0 aliphatic heterocycles. The number of methoxy groups -OCH3 is 2. The maximum Gasteiger partial charge on any atom is 0.222 e. The summed E-state index contributed by atoms with van der Waals surface area (Å²) in [5.41, 5.74) is 1.39. The van der Waals surface area contributed by atoms with E-state index in [1.54, 1.807) is 58.4 Å². The lowest BCUT2D eigenvalue weighted by molar-refractivity contribution is 0.102. The highest BCUT2D eigenvalue weighted by Gasteiger charge is 2.09. The Kier molecular flexibility index (Phi) is 4.88. The molecule has 0 spiro atoms. The summed E-state index contributed by atoms with van der Waals surface area (Å²) in [6.07, 6.45) is 1.48. The lowest BCUT2D eigenvalue weighted by Gasteiger charge is -2.12. The minimum atomic E-state index is -0.194. The van der Waals surface area contributed by atoms with Crippen molar-refractivity contribution in [3.8, 4) is 11.5 Å². The van der Waals surface area contributed by atoms with E-state index in [4.69, 9.17) is 13.9 Å². The van der Waals surface area contributed by atoms with E-state index in [-0.39, 0.29) is 5.78 Å². The molecule has 0 unspecified atom stereocenters. The van der Waals surface area contributed by atoms with Gasteiger partial charge in [0.15, 0.2) is 5.76 Å². The predicted octanol–water partition coefficient (Wildman–Crippen LogP) is 3.80. The Morgan fingerprint density at radius 1 is 1.18 bits per heavy atom. The summed E-state index contributed by atoms with van der Waals surface area (Å²) in [6, 6.07) is 8.83. The molecule has 2 rings (SSSR count). The molecule has 0 aliphatic rings. The Morgan fingerprint density at radius 3 is 2.55 bits per heavy atom. The highest BCUT2D eigenvalue weighted by Crippen LogP contribution is 2.29. The van der Waals surface area contributed by atoms with Crippen molar-refractivity contribution in [3.63, 3.8) is 0 Å². The van der Waals surface area contributed by atoms with Gasteiger partial charge in [0, 0.05) is 17.8 Å². The summed E-state index contributed by atoms with van der Waals surface area (Å²) >= 11 is 0. The van der Waals surface area contributed by atoms with Gasteiger partial charge in [-0.05, 0) is 38.1 Å². The van der Waals surface area contributed by atoms with Gasteiger partial charge < -0.3 is 19.2 Å². The van der Waals surface area contributed by atoms with Crippen LogP contribution >= 0.6 is 0 Å². The Bertz CT molecular complexity index is 700. The molecule has 116 valence electrons. The summed E-state index contributed by atoms with van der Waals surface area (Å²) in [5, 5.41) is 3.14. The van der Waals surface area contributed by atoms with Crippen LogP contribution in [0.4, 0.5) is 5.69 Å². The molecule has 1 aromatic carbocycles. The number of aryl methyl sites for hydroxylation is 1. The van der Waals surface area contributed by atoms with E-state index < -0.39 is 0 Å². The number of hydrogen-bond acceptors (Lipinski definition) is 5. The first-order valence-corrected chi connectivity index (χ1v) is 6.81. The number of furan rings is 1. The molecule has 0 fully saturated rings. The number of carbonyl (C=O) groups is 1. The monoisotopic (exact) mass is 301 g/mol. The molecule has 1 heterocycles. The van der Waals surface area contributed by atoms with E-state index in [9.17, 15) is 4.79 Å². The lowest BCUT2D eigenvalue weighted by atomic mass is 10.2. The zero-order valence-corrected chi connectivity index (χ0v) is 13.1. The van der Waals surface area contributed by atoms with Gasteiger partial charge in [-0.2, -0.15) is 0 Å². The van der Waals surface area contributed by atoms with Crippen LogP contribution in [0.5, 0.6) is 11.5 Å². The second-order valence-corrected chi connectivity index (χ2v) is 4.79. The average molecular weight is 301 g/mol. The molecule has 0 saturated heterocycles. The van der Waals surface area contributed by atoms with Crippen LogP contribution in [0.25, 0.3) is 0 Å². The van der Waals surface area contributed by atoms with Gasteiger partial charge in [-0.3, -0.25) is 4.79 Å². The van der Waals surface area contributed by atoms with E-state index in [2.05, 4.69) is 5.32 Å². The van der Waals surface area contributed by atoms with Gasteiger partial charge in [0.25, 0.3) is 0 Å². The highest BCUT2D eigenvalue weighted by atomic mass is 16.5. The maximum absolute atomic E-state index is 12.1. The van der Waals surface area contributed by atoms with Crippen LogP contribution in [0.3, 0.4) is 0 Å². The van der Waals surface area contributed by atoms with Gasteiger partial charge in [0.1, 0.15) is 17.3 Å². The molecular formula is C17H19NO4. The van der Waals surface area contributed by atoms with Gasteiger partial charge in [0.2, 0.25) is 5.78 Å². The van der Waals surface area contributed by atoms with Crippen LogP contribution < -0.4 is 14.8 Å².